The molecule has 0 aliphatic carbocycles. The van der Waals surface area contributed by atoms with Crippen LogP contribution in [0.15, 0.2) is 40.6 Å². The van der Waals surface area contributed by atoms with Crippen LogP contribution >= 0.6 is 24.2 Å². The lowest BCUT2D eigenvalue weighted by molar-refractivity contribution is -0.120. The van der Waals surface area contributed by atoms with Crippen molar-refractivity contribution < 1.29 is 4.79 Å². The Hall–Kier alpha value is -1.57. The summed E-state index contributed by atoms with van der Waals surface area (Å²) in [5.74, 6) is 0.169. The molecule has 3 rings (SSSR count). The van der Waals surface area contributed by atoms with Crippen molar-refractivity contribution in [1.82, 2.24) is 20.1 Å². The van der Waals surface area contributed by atoms with Crippen LogP contribution in [0.3, 0.4) is 0 Å². The maximum atomic E-state index is 12.2. The van der Waals surface area contributed by atoms with E-state index in [2.05, 4.69) is 20.8 Å². The number of halogens is 1. The van der Waals surface area contributed by atoms with Crippen LogP contribution in [0, 0.1) is 5.92 Å². The third-order valence-corrected chi connectivity index (χ3v) is 4.73. The third kappa shape index (κ3) is 4.70. The summed E-state index contributed by atoms with van der Waals surface area (Å²) < 4.78 is 1.87. The van der Waals surface area contributed by atoms with Gasteiger partial charge in [0.15, 0.2) is 5.16 Å². The van der Waals surface area contributed by atoms with Gasteiger partial charge in [0.25, 0.3) is 0 Å². The predicted octanol–water partition coefficient (Wildman–Crippen LogP) is 2.33. The summed E-state index contributed by atoms with van der Waals surface area (Å²) in [6.07, 6.45) is 3.69. The van der Waals surface area contributed by atoms with Gasteiger partial charge in [-0.1, -0.05) is 0 Å². The van der Waals surface area contributed by atoms with Gasteiger partial charge < -0.3 is 15.2 Å². The highest BCUT2D eigenvalue weighted by Crippen LogP contribution is 2.26. The molecule has 1 aliphatic rings. The predicted molar refractivity (Wildman–Crippen MR) is 93.0 cm³/mol. The number of carbonyl (C=O) groups is 1. The van der Waals surface area contributed by atoms with Crippen LogP contribution in [0.2, 0.25) is 0 Å². The van der Waals surface area contributed by atoms with Crippen molar-refractivity contribution in [3.63, 3.8) is 0 Å². The first-order valence-electron chi connectivity index (χ1n) is 7.36. The van der Waals surface area contributed by atoms with E-state index in [1.807, 2.05) is 35.9 Å². The van der Waals surface area contributed by atoms with Gasteiger partial charge in [-0.25, -0.2) is 0 Å². The van der Waals surface area contributed by atoms with Crippen LogP contribution in [0.25, 0.3) is 0 Å². The van der Waals surface area contributed by atoms with E-state index in [4.69, 9.17) is 0 Å². The highest BCUT2D eigenvalue weighted by atomic mass is 35.5. The number of aromatic nitrogens is 3. The monoisotopic (exact) mass is 353 g/mol. The van der Waals surface area contributed by atoms with E-state index in [-0.39, 0.29) is 24.2 Å². The second-order valence-electron chi connectivity index (χ2n) is 5.38. The Morgan fingerprint density at radius 2 is 2.17 bits per heavy atom. The Morgan fingerprint density at radius 1 is 1.39 bits per heavy atom. The topological polar surface area (TPSA) is 71.8 Å². The minimum absolute atomic E-state index is 0. The van der Waals surface area contributed by atoms with Crippen molar-refractivity contribution in [3.8, 4) is 0 Å². The number of aryl methyl sites for hydroxylation is 1. The molecular weight excluding hydrogens is 334 g/mol. The molecule has 8 heteroatoms. The Morgan fingerprint density at radius 3 is 2.78 bits per heavy atom. The van der Waals surface area contributed by atoms with Crippen molar-refractivity contribution >= 4 is 35.8 Å². The lowest BCUT2D eigenvalue weighted by Gasteiger charge is -2.21. The zero-order valence-electron chi connectivity index (χ0n) is 12.9. The average molecular weight is 354 g/mol. The van der Waals surface area contributed by atoms with Gasteiger partial charge >= 0.3 is 0 Å². The second-order valence-corrected chi connectivity index (χ2v) is 6.42. The fourth-order valence-electron chi connectivity index (χ4n) is 2.40. The van der Waals surface area contributed by atoms with E-state index in [1.165, 1.54) is 0 Å². The number of nitrogens with zero attached hydrogens (tertiary/aromatic N) is 3. The molecule has 1 amide bonds. The highest BCUT2D eigenvalue weighted by molar-refractivity contribution is 7.99. The molecule has 23 heavy (non-hydrogen) atoms. The molecule has 2 heterocycles. The fraction of sp³-hybridized carbons (Fsp3) is 0.400. The Kier molecular flexibility index (Phi) is 6.44. The van der Waals surface area contributed by atoms with Crippen LogP contribution < -0.4 is 10.6 Å². The first-order chi connectivity index (χ1) is 10.7. The molecule has 1 aromatic carbocycles. The van der Waals surface area contributed by atoms with Crippen molar-refractivity contribution in [2.24, 2.45) is 13.0 Å². The number of piperidine rings is 1. The molecule has 1 aliphatic heterocycles. The van der Waals surface area contributed by atoms with Crippen LogP contribution in [0.4, 0.5) is 5.69 Å². The van der Waals surface area contributed by atoms with Crippen molar-refractivity contribution in [2.45, 2.75) is 22.9 Å². The van der Waals surface area contributed by atoms with Gasteiger partial charge in [0, 0.05) is 24.2 Å². The van der Waals surface area contributed by atoms with Gasteiger partial charge in [-0.3, -0.25) is 4.79 Å². The van der Waals surface area contributed by atoms with Crippen LogP contribution in [-0.4, -0.2) is 33.8 Å². The molecule has 0 saturated carbocycles. The third-order valence-electron chi connectivity index (χ3n) is 3.67. The molecule has 1 unspecified atom stereocenters. The fourth-order valence-corrected chi connectivity index (χ4v) is 3.16. The number of benzene rings is 1. The summed E-state index contributed by atoms with van der Waals surface area (Å²) in [4.78, 5) is 13.2. The molecule has 1 aromatic heterocycles. The number of carbonyl (C=O) groups excluding carboxylic acids is 1. The summed E-state index contributed by atoms with van der Waals surface area (Å²) in [6.45, 7) is 1.78. The van der Waals surface area contributed by atoms with E-state index in [0.717, 1.165) is 41.7 Å². The SMILES string of the molecule is Cl.Cn1cnnc1Sc1ccc(NC(=O)C2CCCNC2)cc1. The molecule has 1 fully saturated rings. The first kappa shape index (κ1) is 17.8. The first-order valence-corrected chi connectivity index (χ1v) is 8.17. The molecular formula is C15H20ClN5OS. The Balaban J connectivity index is 0.00000192. The van der Waals surface area contributed by atoms with Gasteiger partial charge in [-0.2, -0.15) is 0 Å². The standard InChI is InChI=1S/C15H19N5OS.ClH/c1-20-10-17-19-15(20)22-13-6-4-12(5-7-13)18-14(21)11-3-2-8-16-9-11;/h4-7,10-11,16H,2-3,8-9H2,1H3,(H,18,21);1H. The van der Waals surface area contributed by atoms with E-state index in [1.54, 1.807) is 18.1 Å². The van der Waals surface area contributed by atoms with Gasteiger partial charge in [0.2, 0.25) is 5.91 Å². The van der Waals surface area contributed by atoms with Gasteiger partial charge in [-0.15, -0.1) is 22.6 Å². The van der Waals surface area contributed by atoms with E-state index in [9.17, 15) is 4.79 Å². The number of amides is 1. The summed E-state index contributed by atoms with van der Waals surface area (Å²) in [7, 11) is 1.91. The number of rotatable bonds is 4. The second kappa shape index (κ2) is 8.33. The van der Waals surface area contributed by atoms with Crippen molar-refractivity contribution in [2.75, 3.05) is 18.4 Å². The number of anilines is 1. The molecule has 6 nitrogen and oxygen atoms in total. The molecule has 0 radical (unpaired) electrons. The van der Waals surface area contributed by atoms with E-state index >= 15 is 0 Å². The minimum Gasteiger partial charge on any atom is -0.326 e. The maximum absolute atomic E-state index is 12.2. The van der Waals surface area contributed by atoms with Crippen LogP contribution in [0.5, 0.6) is 0 Å². The normalized spacial score (nSPS) is 17.3. The van der Waals surface area contributed by atoms with Gasteiger partial charge in [-0.05, 0) is 55.4 Å². The average Bonchev–Trinajstić information content (AvgIpc) is 2.95. The van der Waals surface area contributed by atoms with Crippen molar-refractivity contribution in [1.29, 1.82) is 0 Å². The molecule has 2 aromatic rings. The lowest BCUT2D eigenvalue weighted by atomic mass is 9.99. The zero-order valence-corrected chi connectivity index (χ0v) is 14.5. The minimum atomic E-state index is 0. The van der Waals surface area contributed by atoms with Crippen LogP contribution in [0.1, 0.15) is 12.8 Å². The molecule has 124 valence electrons. The van der Waals surface area contributed by atoms with E-state index < -0.39 is 0 Å². The molecule has 2 N–H and O–H groups in total. The largest absolute Gasteiger partial charge is 0.326 e. The molecule has 1 saturated heterocycles. The van der Waals surface area contributed by atoms with Gasteiger partial charge in [0.05, 0.1) is 5.92 Å². The summed E-state index contributed by atoms with van der Waals surface area (Å²) in [6, 6.07) is 7.81. The highest BCUT2D eigenvalue weighted by Gasteiger charge is 2.20. The lowest BCUT2D eigenvalue weighted by Crippen LogP contribution is -2.37. The van der Waals surface area contributed by atoms with E-state index in [0.29, 0.717) is 0 Å². The Bertz CT molecular complexity index is 640. The van der Waals surface area contributed by atoms with Gasteiger partial charge in [0.1, 0.15) is 6.33 Å². The van der Waals surface area contributed by atoms with Crippen LogP contribution in [-0.2, 0) is 11.8 Å². The quantitative estimate of drug-likeness (QED) is 0.882. The molecule has 0 spiro atoms. The van der Waals surface area contributed by atoms with Crippen molar-refractivity contribution in [3.05, 3.63) is 30.6 Å². The smallest absolute Gasteiger partial charge is 0.228 e. The number of hydrogen-bond donors (Lipinski definition) is 2. The number of hydrogen-bond acceptors (Lipinski definition) is 5. The number of nitrogens with one attached hydrogen (secondary N) is 2. The summed E-state index contributed by atoms with van der Waals surface area (Å²) in [5.41, 5.74) is 0.831. The zero-order chi connectivity index (χ0) is 15.4. The molecule has 0 bridgehead atoms. The maximum Gasteiger partial charge on any atom is 0.228 e. The molecule has 1 atom stereocenters. The summed E-state index contributed by atoms with van der Waals surface area (Å²) in [5, 5.41) is 15.0. The Labute approximate surface area is 145 Å². The summed E-state index contributed by atoms with van der Waals surface area (Å²) >= 11 is 1.54.